The number of hydrogen-bond acceptors (Lipinski definition) is 6. The lowest BCUT2D eigenvalue weighted by Gasteiger charge is -2.31. The molecule has 0 saturated heterocycles. The fourth-order valence-corrected chi connectivity index (χ4v) is 5.04. The number of hydrogen-bond donors (Lipinski definition) is 1. The van der Waals surface area contributed by atoms with Gasteiger partial charge in [0.15, 0.2) is 5.60 Å². The van der Waals surface area contributed by atoms with Crippen molar-refractivity contribution >= 4 is 16.9 Å². The topological polar surface area (TPSA) is 90.7 Å². The highest BCUT2D eigenvalue weighted by Crippen LogP contribution is 2.40. The van der Waals surface area contributed by atoms with E-state index < -0.39 is 11.6 Å². The summed E-state index contributed by atoms with van der Waals surface area (Å²) in [5.74, 6) is -1.11. The molecule has 0 unspecified atom stereocenters. The molecule has 0 bridgehead atoms. The van der Waals surface area contributed by atoms with Crippen molar-refractivity contribution in [2.45, 2.75) is 64.9 Å². The molecule has 1 N–H and O–H groups in total. The minimum atomic E-state index is -1.89. The maximum Gasteiger partial charge on any atom is 0.343 e. The maximum atomic E-state index is 14.5. The highest BCUT2D eigenvalue weighted by atomic mass is 19.1. The Labute approximate surface area is 196 Å². The second-order valence-corrected chi connectivity index (χ2v) is 9.22. The molecule has 2 aromatic heterocycles. The molecule has 5 rings (SSSR count). The van der Waals surface area contributed by atoms with Crippen molar-refractivity contribution in [3.63, 3.8) is 0 Å². The predicted molar refractivity (Wildman–Crippen MR) is 124 cm³/mol. The van der Waals surface area contributed by atoms with Crippen molar-refractivity contribution < 1.29 is 23.8 Å². The molecular weight excluding hydrogens is 439 g/mol. The molecule has 2 aliphatic heterocycles. The van der Waals surface area contributed by atoms with Crippen LogP contribution in [0.3, 0.4) is 0 Å². The number of methoxy groups -OCH3 is 1. The Hall–Kier alpha value is -3.10. The fraction of sp³-hybridized carbons (Fsp3) is 0.423. The van der Waals surface area contributed by atoms with E-state index in [1.165, 1.54) is 6.07 Å². The lowest BCUT2D eigenvalue weighted by Crippen LogP contribution is -2.44. The minimum absolute atomic E-state index is 0.0296. The number of aryl methyl sites for hydroxylation is 2. The number of ether oxygens (including phenoxy) is 2. The van der Waals surface area contributed by atoms with Gasteiger partial charge in [-0.1, -0.05) is 6.92 Å². The summed E-state index contributed by atoms with van der Waals surface area (Å²) >= 11 is 0. The Kier molecular flexibility index (Phi) is 5.33. The normalized spacial score (nSPS) is 19.5. The van der Waals surface area contributed by atoms with Crippen molar-refractivity contribution in [2.24, 2.45) is 0 Å². The Balaban J connectivity index is 1.77. The molecule has 7 nitrogen and oxygen atoms in total. The molecule has 8 heteroatoms. The zero-order valence-corrected chi connectivity index (χ0v) is 19.7. The Morgan fingerprint density at radius 1 is 1.29 bits per heavy atom. The second-order valence-electron chi connectivity index (χ2n) is 9.22. The number of carbonyl (C=O) groups excluding carboxylic acids is 1. The van der Waals surface area contributed by atoms with Crippen molar-refractivity contribution in [1.29, 1.82) is 0 Å². The fourth-order valence-electron chi connectivity index (χ4n) is 5.04. The summed E-state index contributed by atoms with van der Waals surface area (Å²) in [6.45, 7) is 5.51. The third kappa shape index (κ3) is 3.20. The largest absolute Gasteiger partial charge is 0.458 e. The van der Waals surface area contributed by atoms with E-state index in [9.17, 15) is 19.1 Å². The SMILES string of the molecule is CC[C@@]1(O)C(=O)OCc2c1cc1n(c2=O)Cc2c-1nc1cc(F)c(C)cc1c2CC[C@@H](C)OC. The van der Waals surface area contributed by atoms with Gasteiger partial charge < -0.3 is 19.1 Å². The number of benzene rings is 1. The number of nitrogens with zero attached hydrogens (tertiary/aromatic N) is 2. The van der Waals surface area contributed by atoms with Gasteiger partial charge in [-0.3, -0.25) is 4.79 Å². The molecule has 34 heavy (non-hydrogen) atoms. The average molecular weight is 467 g/mol. The number of cyclic esters (lactones) is 1. The molecule has 0 aliphatic carbocycles. The van der Waals surface area contributed by atoms with Gasteiger partial charge in [0.1, 0.15) is 12.4 Å². The molecule has 0 radical (unpaired) electrons. The van der Waals surface area contributed by atoms with Crippen LogP contribution in [-0.4, -0.2) is 33.8 Å². The number of esters is 1. The van der Waals surface area contributed by atoms with Gasteiger partial charge in [-0.2, -0.15) is 0 Å². The van der Waals surface area contributed by atoms with E-state index in [1.54, 1.807) is 31.6 Å². The van der Waals surface area contributed by atoms with Gasteiger partial charge in [0.05, 0.1) is 35.1 Å². The molecular formula is C26H27FN2O5. The van der Waals surface area contributed by atoms with Crippen molar-refractivity contribution in [2.75, 3.05) is 7.11 Å². The molecule has 3 aromatic rings. The average Bonchev–Trinajstić information content (AvgIpc) is 3.19. The predicted octanol–water partition coefficient (Wildman–Crippen LogP) is 3.49. The Morgan fingerprint density at radius 3 is 2.76 bits per heavy atom. The third-order valence-corrected chi connectivity index (χ3v) is 7.29. The molecule has 2 atom stereocenters. The first-order valence-electron chi connectivity index (χ1n) is 11.5. The van der Waals surface area contributed by atoms with Gasteiger partial charge >= 0.3 is 5.97 Å². The Morgan fingerprint density at radius 2 is 2.06 bits per heavy atom. The molecule has 0 spiro atoms. The molecule has 0 fully saturated rings. The smallest absolute Gasteiger partial charge is 0.343 e. The van der Waals surface area contributed by atoms with Crippen LogP contribution in [0.1, 0.15) is 54.5 Å². The lowest BCUT2D eigenvalue weighted by atomic mass is 9.86. The first kappa shape index (κ1) is 22.7. The van der Waals surface area contributed by atoms with E-state index in [0.29, 0.717) is 35.4 Å². The number of aliphatic hydroxyl groups is 1. The van der Waals surface area contributed by atoms with Crippen molar-refractivity contribution in [3.05, 3.63) is 62.2 Å². The van der Waals surface area contributed by atoms with Crippen LogP contribution in [0.15, 0.2) is 23.0 Å². The molecule has 1 aromatic carbocycles. The van der Waals surface area contributed by atoms with Crippen LogP contribution in [0, 0.1) is 12.7 Å². The summed E-state index contributed by atoms with van der Waals surface area (Å²) in [6.07, 6.45) is 1.52. The monoisotopic (exact) mass is 466 g/mol. The van der Waals surface area contributed by atoms with Gasteiger partial charge in [-0.05, 0) is 56.4 Å². The minimum Gasteiger partial charge on any atom is -0.458 e. The van der Waals surface area contributed by atoms with Gasteiger partial charge in [-0.15, -0.1) is 0 Å². The first-order valence-corrected chi connectivity index (χ1v) is 11.5. The summed E-state index contributed by atoms with van der Waals surface area (Å²) < 4.78 is 26.7. The van der Waals surface area contributed by atoms with E-state index in [0.717, 1.165) is 22.9 Å². The van der Waals surface area contributed by atoms with E-state index in [1.807, 2.05) is 13.0 Å². The van der Waals surface area contributed by atoms with Gasteiger partial charge in [0.25, 0.3) is 5.56 Å². The van der Waals surface area contributed by atoms with Crippen LogP contribution in [0.2, 0.25) is 0 Å². The number of rotatable bonds is 5. The van der Waals surface area contributed by atoms with Gasteiger partial charge in [0.2, 0.25) is 0 Å². The van der Waals surface area contributed by atoms with Gasteiger partial charge in [-0.25, -0.2) is 14.2 Å². The number of aromatic nitrogens is 2. The van der Waals surface area contributed by atoms with E-state index in [4.69, 9.17) is 14.5 Å². The summed E-state index contributed by atoms with van der Waals surface area (Å²) in [7, 11) is 1.66. The van der Waals surface area contributed by atoms with Crippen LogP contribution in [0.25, 0.3) is 22.3 Å². The first-order chi connectivity index (χ1) is 16.2. The quantitative estimate of drug-likeness (QED) is 0.453. The van der Waals surface area contributed by atoms with E-state index >= 15 is 0 Å². The third-order valence-electron chi connectivity index (χ3n) is 7.29. The molecule has 0 saturated carbocycles. The molecule has 2 aliphatic rings. The van der Waals surface area contributed by atoms with Crippen molar-refractivity contribution in [3.8, 4) is 11.4 Å². The zero-order chi connectivity index (χ0) is 24.4. The summed E-state index contributed by atoms with van der Waals surface area (Å²) in [4.78, 5) is 30.6. The van der Waals surface area contributed by atoms with Crippen LogP contribution < -0.4 is 5.56 Å². The summed E-state index contributed by atoms with van der Waals surface area (Å²) in [6, 6.07) is 4.91. The molecule has 178 valence electrons. The highest BCUT2D eigenvalue weighted by molar-refractivity contribution is 5.89. The molecule has 4 heterocycles. The number of pyridine rings is 2. The van der Waals surface area contributed by atoms with Crippen LogP contribution in [0.5, 0.6) is 0 Å². The maximum absolute atomic E-state index is 14.5. The van der Waals surface area contributed by atoms with Crippen LogP contribution in [0.4, 0.5) is 4.39 Å². The Bertz CT molecular complexity index is 1410. The van der Waals surface area contributed by atoms with E-state index in [2.05, 4.69) is 0 Å². The summed E-state index contributed by atoms with van der Waals surface area (Å²) in [5.41, 5.74) is 2.38. The van der Waals surface area contributed by atoms with Crippen molar-refractivity contribution in [1.82, 2.24) is 9.55 Å². The summed E-state index contributed by atoms with van der Waals surface area (Å²) in [5, 5.41) is 11.9. The zero-order valence-electron chi connectivity index (χ0n) is 19.7. The standard InChI is InChI=1S/C26H27FN2O5/c1-5-26(32)19-9-22-23-17(11-29(22)24(30)18(19)12-34-25(26)31)15(7-6-14(3)33-4)16-8-13(2)20(27)10-21(16)28-23/h8-10,14,32H,5-7,11-12H2,1-4H3/t14-,26+/m1/s1. The van der Waals surface area contributed by atoms with Crippen LogP contribution in [-0.2, 0) is 39.4 Å². The van der Waals surface area contributed by atoms with Gasteiger partial charge in [0, 0.05) is 29.7 Å². The highest BCUT2D eigenvalue weighted by Gasteiger charge is 2.45. The lowest BCUT2D eigenvalue weighted by molar-refractivity contribution is -0.172. The second kappa shape index (κ2) is 7.99. The molecule has 0 amide bonds. The van der Waals surface area contributed by atoms with Crippen LogP contribution >= 0.6 is 0 Å². The van der Waals surface area contributed by atoms with E-state index in [-0.39, 0.29) is 41.6 Å². The number of halogens is 1. The number of carbonyl (C=O) groups is 1. The number of fused-ring (bicyclic) bond motifs is 5.